The second-order valence-corrected chi connectivity index (χ2v) is 10.8. The van der Waals surface area contributed by atoms with E-state index in [0.29, 0.717) is 5.56 Å². The van der Waals surface area contributed by atoms with Crippen LogP contribution in [0.1, 0.15) is 59.5 Å². The van der Waals surface area contributed by atoms with Crippen LogP contribution in [0, 0.1) is 5.92 Å². The number of hydrogen-bond donors (Lipinski definition) is 2. The Hall–Kier alpha value is -3.13. The van der Waals surface area contributed by atoms with Gasteiger partial charge in [-0.05, 0) is 50.2 Å². The van der Waals surface area contributed by atoms with Crippen molar-refractivity contribution >= 4 is 39.3 Å². The highest BCUT2D eigenvalue weighted by molar-refractivity contribution is 7.15. The van der Waals surface area contributed by atoms with E-state index in [1.54, 1.807) is 12.3 Å². The van der Waals surface area contributed by atoms with Crippen molar-refractivity contribution in [2.24, 2.45) is 11.7 Å². The third kappa shape index (κ3) is 7.69. The molecule has 0 amide bonds. The number of anilines is 2. The Morgan fingerprint density at radius 2 is 1.84 bits per heavy atom. The summed E-state index contributed by atoms with van der Waals surface area (Å²) in [5.74, 6) is 0.983. The summed E-state index contributed by atoms with van der Waals surface area (Å²) in [6.45, 7) is 3.54. The van der Waals surface area contributed by atoms with Gasteiger partial charge in [0, 0.05) is 47.2 Å². The third-order valence-electron chi connectivity index (χ3n) is 7.22. The van der Waals surface area contributed by atoms with Crippen LogP contribution in [0.4, 0.5) is 10.8 Å². The monoisotopic (exact) mass is 529 g/mol. The first-order valence-corrected chi connectivity index (χ1v) is 14.5. The van der Waals surface area contributed by atoms with Crippen LogP contribution in [0.5, 0.6) is 0 Å². The molecule has 0 bridgehead atoms. The number of carbonyl (C=O) groups excluding carboxylic acids is 1. The van der Waals surface area contributed by atoms with Crippen molar-refractivity contribution in [3.8, 4) is 0 Å². The van der Waals surface area contributed by atoms with Crippen LogP contribution in [0.3, 0.4) is 0 Å². The summed E-state index contributed by atoms with van der Waals surface area (Å²) >= 11 is 1.83. The lowest BCUT2D eigenvalue weighted by atomic mass is 9.87. The molecule has 3 heterocycles. The summed E-state index contributed by atoms with van der Waals surface area (Å²) in [5, 5.41) is 5.40. The standard InChI is InChI=1S/C20H27N3S.C10H7NO.CH5N/c1-3-7-16(8-4-1)11-13-23-14-12-18-19(15-23)24-20(22-18)21-17-9-5-2-6-10-17;12-7-8-3-1-5-10-9(8)4-2-6-11-10;1-2/h2,5-6,9-10,16H,1,3-4,7-8,11-15H2,(H,21,22);1-7H;2H2,1H3. The van der Waals surface area contributed by atoms with Gasteiger partial charge in [0.25, 0.3) is 0 Å². The zero-order chi connectivity index (χ0) is 26.6. The van der Waals surface area contributed by atoms with E-state index in [9.17, 15) is 4.79 Å². The number of thiazole rings is 1. The van der Waals surface area contributed by atoms with Gasteiger partial charge in [-0.1, -0.05) is 68.5 Å². The third-order valence-corrected chi connectivity index (χ3v) is 8.22. The van der Waals surface area contributed by atoms with E-state index in [1.165, 1.54) is 69.2 Å². The fraction of sp³-hybridized carbons (Fsp3) is 0.387. The van der Waals surface area contributed by atoms with Gasteiger partial charge >= 0.3 is 0 Å². The molecule has 2 aliphatic rings. The highest BCUT2D eigenvalue weighted by atomic mass is 32.1. The number of pyridine rings is 1. The topological polar surface area (TPSA) is 84.1 Å². The minimum absolute atomic E-state index is 0.695. The second kappa shape index (κ2) is 14.7. The lowest BCUT2D eigenvalue weighted by molar-refractivity contribution is 0.112. The molecule has 0 radical (unpaired) electrons. The lowest BCUT2D eigenvalue weighted by Gasteiger charge is -2.29. The molecule has 2 aromatic carbocycles. The molecule has 1 saturated carbocycles. The van der Waals surface area contributed by atoms with E-state index in [-0.39, 0.29) is 0 Å². The number of hydrogen-bond acceptors (Lipinski definition) is 7. The number of nitrogens with two attached hydrogens (primary N) is 1. The van der Waals surface area contributed by atoms with Crippen LogP contribution in [0.15, 0.2) is 66.9 Å². The molecular weight excluding hydrogens is 490 g/mol. The second-order valence-electron chi connectivity index (χ2n) is 9.73. The zero-order valence-corrected chi connectivity index (χ0v) is 23.1. The van der Waals surface area contributed by atoms with Crippen LogP contribution in [0.2, 0.25) is 0 Å². The van der Waals surface area contributed by atoms with Crippen molar-refractivity contribution in [1.82, 2.24) is 14.9 Å². The summed E-state index contributed by atoms with van der Waals surface area (Å²) in [6.07, 6.45) is 12.4. The summed E-state index contributed by atoms with van der Waals surface area (Å²) in [4.78, 5) is 23.6. The van der Waals surface area contributed by atoms with E-state index >= 15 is 0 Å². The van der Waals surface area contributed by atoms with Crippen molar-refractivity contribution in [1.29, 1.82) is 0 Å². The van der Waals surface area contributed by atoms with Crippen LogP contribution in [-0.4, -0.2) is 41.3 Å². The molecule has 0 spiro atoms. The van der Waals surface area contributed by atoms with Crippen LogP contribution >= 0.6 is 11.3 Å². The van der Waals surface area contributed by atoms with Crippen molar-refractivity contribution in [2.45, 2.75) is 51.5 Å². The Morgan fingerprint density at radius 1 is 1.03 bits per heavy atom. The average Bonchev–Trinajstić information content (AvgIpc) is 3.39. The average molecular weight is 530 g/mol. The van der Waals surface area contributed by atoms with Gasteiger partial charge in [-0.15, -0.1) is 11.3 Å². The molecule has 1 aliphatic carbocycles. The fourth-order valence-electron chi connectivity index (χ4n) is 5.21. The predicted octanol–water partition coefficient (Wildman–Crippen LogP) is 6.84. The highest BCUT2D eigenvalue weighted by Gasteiger charge is 2.22. The summed E-state index contributed by atoms with van der Waals surface area (Å²) in [5.41, 5.74) is 8.49. The van der Waals surface area contributed by atoms with E-state index in [0.717, 1.165) is 46.9 Å². The van der Waals surface area contributed by atoms with Gasteiger partial charge in [0.15, 0.2) is 11.4 Å². The molecular formula is C31H39N5OS. The van der Waals surface area contributed by atoms with Gasteiger partial charge in [0.05, 0.1) is 11.2 Å². The molecule has 38 heavy (non-hydrogen) atoms. The first kappa shape index (κ1) is 27.9. The molecule has 1 fully saturated rings. The van der Waals surface area contributed by atoms with Crippen molar-refractivity contribution in [3.63, 3.8) is 0 Å². The zero-order valence-electron chi connectivity index (χ0n) is 22.3. The Kier molecular flexibility index (Phi) is 10.8. The van der Waals surface area contributed by atoms with Crippen LogP contribution in [-0.2, 0) is 13.0 Å². The molecule has 7 heteroatoms. The molecule has 0 saturated heterocycles. The van der Waals surface area contributed by atoms with Crippen LogP contribution < -0.4 is 11.1 Å². The van der Waals surface area contributed by atoms with Crippen molar-refractivity contribution in [3.05, 3.63) is 83.0 Å². The van der Waals surface area contributed by atoms with Gasteiger partial charge in [0.1, 0.15) is 0 Å². The number of carbonyl (C=O) groups is 1. The largest absolute Gasteiger partial charge is 0.333 e. The van der Waals surface area contributed by atoms with Crippen molar-refractivity contribution < 1.29 is 4.79 Å². The Morgan fingerprint density at radius 3 is 2.63 bits per heavy atom. The molecule has 6 rings (SSSR count). The quantitative estimate of drug-likeness (QED) is 0.266. The Bertz CT molecular complexity index is 1260. The number of benzene rings is 2. The molecule has 4 aromatic rings. The molecule has 3 N–H and O–H groups in total. The molecule has 0 atom stereocenters. The number of para-hydroxylation sites is 1. The van der Waals surface area contributed by atoms with E-state index < -0.39 is 0 Å². The van der Waals surface area contributed by atoms with Gasteiger partial charge < -0.3 is 11.1 Å². The maximum atomic E-state index is 10.6. The maximum absolute atomic E-state index is 10.6. The molecule has 2 aromatic heterocycles. The number of aldehydes is 1. The minimum atomic E-state index is 0.695. The SMILES string of the molecule is CN.O=Cc1cccc2ncccc12.c1ccc(Nc2nc3c(s2)CN(CCC2CCCCC2)CC3)cc1. The minimum Gasteiger partial charge on any atom is -0.333 e. The molecule has 1 aliphatic heterocycles. The summed E-state index contributed by atoms with van der Waals surface area (Å²) in [6, 6.07) is 19.6. The number of rotatable bonds is 6. The smallest absolute Gasteiger partial charge is 0.187 e. The van der Waals surface area contributed by atoms with Gasteiger partial charge in [-0.2, -0.15) is 0 Å². The van der Waals surface area contributed by atoms with Crippen molar-refractivity contribution in [2.75, 3.05) is 25.5 Å². The summed E-state index contributed by atoms with van der Waals surface area (Å²) in [7, 11) is 1.50. The fourth-order valence-corrected chi connectivity index (χ4v) is 6.28. The number of aromatic nitrogens is 2. The first-order chi connectivity index (χ1) is 18.8. The maximum Gasteiger partial charge on any atom is 0.187 e. The lowest BCUT2D eigenvalue weighted by Crippen LogP contribution is -2.31. The van der Waals surface area contributed by atoms with E-state index in [2.05, 4.69) is 45.2 Å². The van der Waals surface area contributed by atoms with Crippen LogP contribution in [0.25, 0.3) is 10.9 Å². The molecule has 6 nitrogen and oxygen atoms in total. The first-order valence-electron chi connectivity index (χ1n) is 13.7. The summed E-state index contributed by atoms with van der Waals surface area (Å²) < 4.78 is 0. The number of nitrogens with one attached hydrogen (secondary N) is 1. The highest BCUT2D eigenvalue weighted by Crippen LogP contribution is 2.31. The normalized spacial score (nSPS) is 15.4. The van der Waals surface area contributed by atoms with Gasteiger partial charge in [-0.25, -0.2) is 4.98 Å². The molecule has 0 unspecified atom stereocenters. The Balaban J connectivity index is 0.000000201. The van der Waals surface area contributed by atoms with Gasteiger partial charge in [-0.3, -0.25) is 14.7 Å². The van der Waals surface area contributed by atoms with E-state index in [1.807, 2.05) is 41.7 Å². The molecule has 200 valence electrons. The number of fused-ring (bicyclic) bond motifs is 2. The van der Waals surface area contributed by atoms with Gasteiger partial charge in [0.2, 0.25) is 0 Å². The van der Waals surface area contributed by atoms with E-state index in [4.69, 9.17) is 4.98 Å². The predicted molar refractivity (Wildman–Crippen MR) is 159 cm³/mol. The Labute approximate surface area is 230 Å². The number of nitrogens with zero attached hydrogens (tertiary/aromatic N) is 3.